The number of nitrogens with one attached hydrogen (secondary N) is 1. The molecule has 2 atom stereocenters. The lowest BCUT2D eigenvalue weighted by Crippen LogP contribution is -2.26. The normalized spacial score (nSPS) is 21.4. The fraction of sp³-hybridized carbons (Fsp3) is 0.417. The lowest BCUT2D eigenvalue weighted by atomic mass is 10.1. The molecule has 1 aromatic carbocycles. The zero-order valence-electron chi connectivity index (χ0n) is 10.1. The van der Waals surface area contributed by atoms with E-state index >= 15 is 0 Å². The quantitative estimate of drug-likeness (QED) is 0.482. The molecular weight excluding hydrogens is 234 g/mol. The van der Waals surface area contributed by atoms with Gasteiger partial charge in [-0.1, -0.05) is 13.3 Å². The fourth-order valence-electron chi connectivity index (χ4n) is 1.99. The van der Waals surface area contributed by atoms with Gasteiger partial charge in [0.25, 0.3) is 11.6 Å². The Balaban J connectivity index is 2.07. The van der Waals surface area contributed by atoms with E-state index < -0.39 is 4.92 Å². The van der Waals surface area contributed by atoms with E-state index in [2.05, 4.69) is 12.2 Å². The SMILES string of the molecule is CCC1CC1NC(=O)c1ccc([N+](=O)[O-])c(N)c1. The summed E-state index contributed by atoms with van der Waals surface area (Å²) in [5.41, 5.74) is 5.73. The van der Waals surface area contributed by atoms with Gasteiger partial charge in [0.1, 0.15) is 5.69 Å². The largest absolute Gasteiger partial charge is 0.393 e. The third kappa shape index (κ3) is 2.42. The number of benzene rings is 1. The maximum Gasteiger partial charge on any atom is 0.292 e. The molecule has 0 radical (unpaired) electrons. The summed E-state index contributed by atoms with van der Waals surface area (Å²) in [4.78, 5) is 21.9. The van der Waals surface area contributed by atoms with Gasteiger partial charge in [0.05, 0.1) is 4.92 Å². The summed E-state index contributed by atoms with van der Waals surface area (Å²) in [6.07, 6.45) is 2.05. The number of nitrogens with two attached hydrogens (primary N) is 1. The molecule has 6 nitrogen and oxygen atoms in total. The molecule has 0 heterocycles. The lowest BCUT2D eigenvalue weighted by Gasteiger charge is -2.05. The number of amides is 1. The first-order chi connectivity index (χ1) is 8.52. The van der Waals surface area contributed by atoms with Crippen LogP contribution >= 0.6 is 0 Å². The minimum absolute atomic E-state index is 0.00971. The number of nitro groups is 1. The summed E-state index contributed by atoms with van der Waals surface area (Å²) in [5, 5.41) is 13.5. The molecule has 0 spiro atoms. The average molecular weight is 249 g/mol. The number of hydrogen-bond donors (Lipinski definition) is 2. The summed E-state index contributed by atoms with van der Waals surface area (Å²) in [6, 6.07) is 4.26. The first kappa shape index (κ1) is 12.3. The van der Waals surface area contributed by atoms with Crippen LogP contribution in [0.1, 0.15) is 30.1 Å². The van der Waals surface area contributed by atoms with Crippen molar-refractivity contribution in [1.29, 1.82) is 0 Å². The van der Waals surface area contributed by atoms with Crippen molar-refractivity contribution in [3.8, 4) is 0 Å². The van der Waals surface area contributed by atoms with Crippen molar-refractivity contribution in [3.63, 3.8) is 0 Å². The molecular formula is C12H15N3O3. The summed E-state index contributed by atoms with van der Waals surface area (Å²) < 4.78 is 0. The molecule has 0 aromatic heterocycles. The second-order valence-corrected chi connectivity index (χ2v) is 4.51. The van der Waals surface area contributed by atoms with Gasteiger partial charge in [-0.05, 0) is 24.5 Å². The van der Waals surface area contributed by atoms with Gasteiger partial charge in [-0.2, -0.15) is 0 Å². The van der Waals surface area contributed by atoms with Gasteiger partial charge in [-0.15, -0.1) is 0 Å². The zero-order chi connectivity index (χ0) is 13.3. The van der Waals surface area contributed by atoms with E-state index in [4.69, 9.17) is 5.73 Å². The van der Waals surface area contributed by atoms with Crippen molar-refractivity contribution in [3.05, 3.63) is 33.9 Å². The van der Waals surface area contributed by atoms with Gasteiger partial charge >= 0.3 is 0 Å². The molecule has 2 rings (SSSR count). The molecule has 3 N–H and O–H groups in total. The molecule has 2 unspecified atom stereocenters. The highest BCUT2D eigenvalue weighted by Crippen LogP contribution is 2.33. The molecule has 18 heavy (non-hydrogen) atoms. The number of nitro benzene ring substituents is 1. The molecule has 6 heteroatoms. The maximum absolute atomic E-state index is 11.9. The van der Waals surface area contributed by atoms with E-state index in [9.17, 15) is 14.9 Å². The maximum atomic E-state index is 11.9. The zero-order valence-corrected chi connectivity index (χ0v) is 10.1. The average Bonchev–Trinajstić information content (AvgIpc) is 3.06. The van der Waals surface area contributed by atoms with Crippen molar-refractivity contribution in [2.45, 2.75) is 25.8 Å². The molecule has 1 aliphatic carbocycles. The summed E-state index contributed by atoms with van der Waals surface area (Å²) in [5.74, 6) is 0.335. The van der Waals surface area contributed by atoms with E-state index in [0.29, 0.717) is 11.5 Å². The van der Waals surface area contributed by atoms with E-state index in [1.807, 2.05) is 0 Å². The Morgan fingerprint density at radius 2 is 2.33 bits per heavy atom. The minimum atomic E-state index is -0.564. The van der Waals surface area contributed by atoms with Gasteiger partial charge in [-0.25, -0.2) is 0 Å². The second kappa shape index (κ2) is 4.64. The van der Waals surface area contributed by atoms with Gasteiger partial charge in [0.2, 0.25) is 0 Å². The summed E-state index contributed by atoms with van der Waals surface area (Å²) in [6.45, 7) is 2.08. The third-order valence-electron chi connectivity index (χ3n) is 3.25. The van der Waals surface area contributed by atoms with Gasteiger partial charge in [0.15, 0.2) is 0 Å². The van der Waals surface area contributed by atoms with Crippen molar-refractivity contribution >= 4 is 17.3 Å². The highest BCUT2D eigenvalue weighted by Gasteiger charge is 2.36. The van der Waals surface area contributed by atoms with Crippen LogP contribution < -0.4 is 11.1 Å². The smallest absolute Gasteiger partial charge is 0.292 e. The number of anilines is 1. The molecule has 1 aromatic rings. The van der Waals surface area contributed by atoms with Crippen LogP contribution in [0.25, 0.3) is 0 Å². The van der Waals surface area contributed by atoms with E-state index in [0.717, 1.165) is 12.8 Å². The number of hydrogen-bond acceptors (Lipinski definition) is 4. The molecule has 1 amide bonds. The van der Waals surface area contributed by atoms with E-state index in [1.54, 1.807) is 0 Å². The third-order valence-corrected chi connectivity index (χ3v) is 3.25. The lowest BCUT2D eigenvalue weighted by molar-refractivity contribution is -0.383. The van der Waals surface area contributed by atoms with Crippen LogP contribution in [0.15, 0.2) is 18.2 Å². The molecule has 96 valence electrons. The minimum Gasteiger partial charge on any atom is -0.393 e. The molecule has 1 saturated carbocycles. The van der Waals surface area contributed by atoms with Crippen LogP contribution in [-0.2, 0) is 0 Å². The van der Waals surface area contributed by atoms with Crippen LogP contribution in [0.3, 0.4) is 0 Å². The number of nitrogen functional groups attached to an aromatic ring is 1. The standard InChI is InChI=1S/C12H15N3O3/c1-2-7-6-10(7)14-12(16)8-3-4-11(15(17)18)9(13)5-8/h3-5,7,10H,2,6,13H2,1H3,(H,14,16). The predicted molar refractivity (Wildman–Crippen MR) is 67.2 cm³/mol. The van der Waals surface area contributed by atoms with Crippen LogP contribution in [0, 0.1) is 16.0 Å². The Morgan fingerprint density at radius 3 is 2.83 bits per heavy atom. The summed E-state index contributed by atoms with van der Waals surface area (Å²) in [7, 11) is 0. The van der Waals surface area contributed by atoms with E-state index in [1.165, 1.54) is 18.2 Å². The van der Waals surface area contributed by atoms with Crippen molar-refractivity contribution < 1.29 is 9.72 Å². The molecule has 0 saturated heterocycles. The highest BCUT2D eigenvalue weighted by atomic mass is 16.6. The van der Waals surface area contributed by atoms with Crippen LogP contribution in [0.2, 0.25) is 0 Å². The first-order valence-electron chi connectivity index (χ1n) is 5.87. The number of nitrogens with zero attached hydrogens (tertiary/aromatic N) is 1. The van der Waals surface area contributed by atoms with Crippen molar-refractivity contribution in [2.24, 2.45) is 5.92 Å². The second-order valence-electron chi connectivity index (χ2n) is 4.51. The van der Waals surface area contributed by atoms with Crippen LogP contribution in [-0.4, -0.2) is 16.9 Å². The molecule has 1 aliphatic rings. The van der Waals surface area contributed by atoms with Crippen molar-refractivity contribution in [1.82, 2.24) is 5.32 Å². The Kier molecular flexibility index (Phi) is 3.18. The summed E-state index contributed by atoms with van der Waals surface area (Å²) >= 11 is 0. The number of carbonyl (C=O) groups excluding carboxylic acids is 1. The number of carbonyl (C=O) groups is 1. The van der Waals surface area contributed by atoms with Crippen molar-refractivity contribution in [2.75, 3.05) is 5.73 Å². The van der Waals surface area contributed by atoms with Gasteiger partial charge < -0.3 is 11.1 Å². The Bertz CT molecular complexity index is 501. The Labute approximate surface area is 104 Å². The molecule has 1 fully saturated rings. The topological polar surface area (TPSA) is 98.3 Å². The van der Waals surface area contributed by atoms with Crippen LogP contribution in [0.4, 0.5) is 11.4 Å². The molecule has 0 aliphatic heterocycles. The monoisotopic (exact) mass is 249 g/mol. The van der Waals surface area contributed by atoms with Gasteiger partial charge in [-0.3, -0.25) is 14.9 Å². The number of rotatable bonds is 4. The Hall–Kier alpha value is -2.11. The highest BCUT2D eigenvalue weighted by molar-refractivity contribution is 5.96. The van der Waals surface area contributed by atoms with Crippen LogP contribution in [0.5, 0.6) is 0 Å². The fourth-order valence-corrected chi connectivity index (χ4v) is 1.99. The predicted octanol–water partition coefficient (Wildman–Crippen LogP) is 1.71. The molecule has 0 bridgehead atoms. The Morgan fingerprint density at radius 1 is 1.61 bits per heavy atom. The first-order valence-corrected chi connectivity index (χ1v) is 5.87. The van der Waals surface area contributed by atoms with Gasteiger partial charge in [0, 0.05) is 17.7 Å². The van der Waals surface area contributed by atoms with E-state index in [-0.39, 0.29) is 23.3 Å².